The molecule has 2 aromatic heterocycles. The van der Waals surface area contributed by atoms with Gasteiger partial charge in [-0.15, -0.1) is 40.8 Å². The van der Waals surface area contributed by atoms with Crippen LogP contribution in [0.2, 0.25) is 0 Å². The van der Waals surface area contributed by atoms with Crippen molar-refractivity contribution in [3.05, 3.63) is 144 Å². The Kier molecular flexibility index (Phi) is 9.55. The van der Waals surface area contributed by atoms with Crippen molar-refractivity contribution in [1.29, 1.82) is 0 Å². The number of anilines is 4. The summed E-state index contributed by atoms with van der Waals surface area (Å²) in [6.45, 7) is 20.8. The van der Waals surface area contributed by atoms with Crippen LogP contribution in [0.15, 0.2) is 115 Å². The average molecular weight is 892 g/mol. The van der Waals surface area contributed by atoms with Gasteiger partial charge in [0.2, 0.25) is 0 Å². The molecule has 1 aliphatic rings. The average Bonchev–Trinajstić information content (AvgIpc) is 3.66. The molecule has 54 heavy (non-hydrogen) atoms. The molecule has 0 fully saturated rings. The molecule has 0 radical (unpaired) electrons. The van der Waals surface area contributed by atoms with Crippen LogP contribution in [-0.4, -0.2) is 16.2 Å². The van der Waals surface area contributed by atoms with Gasteiger partial charge in [0.05, 0.1) is 18.0 Å². The Morgan fingerprint density at radius 1 is 0.611 bits per heavy atom. The smallest absolute Gasteiger partial charge is 0.509 e. The monoisotopic (exact) mass is 891 g/mol. The Labute approximate surface area is 334 Å². The van der Waals surface area contributed by atoms with Gasteiger partial charge in [-0.2, -0.15) is 6.07 Å². The fourth-order valence-electron chi connectivity index (χ4n) is 7.32. The van der Waals surface area contributed by atoms with Gasteiger partial charge < -0.3 is 19.1 Å². The van der Waals surface area contributed by atoms with Crippen LogP contribution < -0.4 is 14.5 Å². The van der Waals surface area contributed by atoms with E-state index in [2.05, 4.69) is 198 Å². The van der Waals surface area contributed by atoms with Gasteiger partial charge in [-0.1, -0.05) is 127 Å². The molecule has 5 nitrogen and oxygen atoms in total. The summed E-state index contributed by atoms with van der Waals surface area (Å²) in [5.41, 5.74) is 9.58. The standard InChI is InChI=1S/C48H48N4O.Pt/c1-46(2,3)32-23-24-49-45(27-32)52-40-20-14-13-19-37(40)38-29-39(48(7,8)9)44(30-43(38)52)53-36-26-33(47(4,5)6)25-35(28-36)51-31-50(34-17-11-10-12-18-34)41-21-15-16-22-42(41)51;/h10-27,29H,31H2,1-9H3;/q-2;+2. The predicted molar refractivity (Wildman–Crippen MR) is 221 cm³/mol. The maximum atomic E-state index is 7.06. The SMILES string of the molecule is CC(C)(C)c1cc(Oc2[c-]c3c(cc2C(C)(C)C)c2ccccc2n3-c2cc(C(C)(C)C)ccn2)[c-]c(N2CN(c3ccccc3)c3ccccc32)c1.[Pt+2]. The van der Waals surface area contributed by atoms with E-state index < -0.39 is 0 Å². The van der Waals surface area contributed by atoms with Crippen LogP contribution in [0.25, 0.3) is 27.6 Å². The van der Waals surface area contributed by atoms with Crippen LogP contribution >= 0.6 is 0 Å². The minimum Gasteiger partial charge on any atom is -0.509 e. The first kappa shape index (κ1) is 37.5. The van der Waals surface area contributed by atoms with Gasteiger partial charge in [-0.25, -0.2) is 4.98 Å². The van der Waals surface area contributed by atoms with Gasteiger partial charge in [-0.05, 0) is 64.2 Å². The molecular weight excluding hydrogens is 844 g/mol. The summed E-state index contributed by atoms with van der Waals surface area (Å²) in [6.07, 6.45) is 1.92. The molecule has 8 rings (SSSR count). The van der Waals surface area contributed by atoms with Gasteiger partial charge in [0, 0.05) is 28.9 Å². The van der Waals surface area contributed by atoms with E-state index in [9.17, 15) is 0 Å². The quantitative estimate of drug-likeness (QED) is 0.161. The zero-order valence-electron chi connectivity index (χ0n) is 32.7. The van der Waals surface area contributed by atoms with E-state index in [1.165, 1.54) is 16.8 Å². The first-order chi connectivity index (χ1) is 25.2. The van der Waals surface area contributed by atoms with E-state index >= 15 is 0 Å². The molecule has 0 unspecified atom stereocenters. The normalized spacial score (nSPS) is 13.4. The van der Waals surface area contributed by atoms with E-state index in [4.69, 9.17) is 9.72 Å². The molecule has 1 aliphatic heterocycles. The third-order valence-corrected chi connectivity index (χ3v) is 10.3. The van der Waals surface area contributed by atoms with E-state index in [0.717, 1.165) is 50.2 Å². The molecule has 0 spiro atoms. The number of benzene rings is 5. The van der Waals surface area contributed by atoms with Gasteiger partial charge in [-0.3, -0.25) is 0 Å². The van der Waals surface area contributed by atoms with Crippen LogP contribution in [0.1, 0.15) is 79.0 Å². The van der Waals surface area contributed by atoms with E-state index in [-0.39, 0.29) is 37.3 Å². The van der Waals surface area contributed by atoms with Crippen LogP contribution in [0.3, 0.4) is 0 Å². The Bertz CT molecular complexity index is 2480. The molecule has 3 heterocycles. The van der Waals surface area contributed by atoms with Crippen LogP contribution in [0, 0.1) is 12.1 Å². The van der Waals surface area contributed by atoms with Gasteiger partial charge in [0.15, 0.2) is 0 Å². The van der Waals surface area contributed by atoms with Crippen LogP contribution in [0.5, 0.6) is 11.5 Å². The molecule has 276 valence electrons. The van der Waals surface area contributed by atoms with E-state index in [1.54, 1.807) is 0 Å². The number of ether oxygens (including phenoxy) is 1. The molecule has 0 amide bonds. The van der Waals surface area contributed by atoms with Crippen LogP contribution in [0.4, 0.5) is 22.7 Å². The first-order valence-corrected chi connectivity index (χ1v) is 18.6. The number of nitrogens with zero attached hydrogens (tertiary/aromatic N) is 4. The summed E-state index contributed by atoms with van der Waals surface area (Å²) in [7, 11) is 0. The van der Waals surface area contributed by atoms with Crippen molar-refractivity contribution in [2.75, 3.05) is 16.5 Å². The van der Waals surface area contributed by atoms with Gasteiger partial charge >= 0.3 is 21.1 Å². The van der Waals surface area contributed by atoms with Crippen molar-refractivity contribution in [1.82, 2.24) is 9.55 Å². The molecule has 0 atom stereocenters. The molecule has 6 heteroatoms. The second kappa shape index (κ2) is 13.8. The molecule has 0 saturated carbocycles. The van der Waals surface area contributed by atoms with Crippen molar-refractivity contribution >= 4 is 44.6 Å². The Morgan fingerprint density at radius 2 is 1.26 bits per heavy atom. The summed E-state index contributed by atoms with van der Waals surface area (Å²) in [4.78, 5) is 9.60. The third kappa shape index (κ3) is 6.84. The summed E-state index contributed by atoms with van der Waals surface area (Å²) in [5.74, 6) is 2.23. The fourth-order valence-corrected chi connectivity index (χ4v) is 7.32. The predicted octanol–water partition coefficient (Wildman–Crippen LogP) is 12.7. The first-order valence-electron chi connectivity index (χ1n) is 18.6. The topological polar surface area (TPSA) is 33.5 Å². The zero-order valence-corrected chi connectivity index (χ0v) is 35.0. The zero-order chi connectivity index (χ0) is 37.3. The van der Waals surface area contributed by atoms with Gasteiger partial charge in [0.1, 0.15) is 5.82 Å². The molecular formula is C48H48N4OPt. The maximum Gasteiger partial charge on any atom is 2.00 e. The van der Waals surface area contributed by atoms with Crippen molar-refractivity contribution in [3.8, 4) is 17.3 Å². The Hall–Kier alpha value is -4.86. The number of para-hydroxylation sites is 4. The summed E-state index contributed by atoms with van der Waals surface area (Å²) in [6, 6.07) is 46.3. The maximum absolute atomic E-state index is 7.06. The van der Waals surface area contributed by atoms with Crippen molar-refractivity contribution in [2.24, 2.45) is 0 Å². The Balaban J connectivity index is 0.00000450. The molecule has 0 saturated heterocycles. The van der Waals surface area contributed by atoms with Crippen molar-refractivity contribution in [2.45, 2.75) is 78.6 Å². The molecule has 0 bridgehead atoms. The summed E-state index contributed by atoms with van der Waals surface area (Å²) < 4.78 is 9.29. The minimum atomic E-state index is -0.220. The summed E-state index contributed by atoms with van der Waals surface area (Å²) >= 11 is 0. The fraction of sp³-hybridized carbons (Fsp3) is 0.271. The van der Waals surface area contributed by atoms with Crippen molar-refractivity contribution < 1.29 is 25.8 Å². The van der Waals surface area contributed by atoms with E-state index in [1.807, 2.05) is 6.20 Å². The second-order valence-electron chi connectivity index (χ2n) is 17.3. The number of hydrogen-bond acceptors (Lipinski definition) is 4. The largest absolute Gasteiger partial charge is 2.00 e. The van der Waals surface area contributed by atoms with Crippen molar-refractivity contribution in [3.63, 3.8) is 0 Å². The van der Waals surface area contributed by atoms with Crippen LogP contribution in [-0.2, 0) is 37.3 Å². The minimum absolute atomic E-state index is 0. The molecule has 7 aromatic rings. The molecule has 0 N–H and O–H groups in total. The number of hydrogen-bond donors (Lipinski definition) is 0. The summed E-state index contributed by atoms with van der Waals surface area (Å²) in [5, 5.41) is 2.29. The molecule has 5 aromatic carbocycles. The van der Waals surface area contributed by atoms with Gasteiger partial charge in [0.25, 0.3) is 0 Å². The van der Waals surface area contributed by atoms with E-state index in [0.29, 0.717) is 18.2 Å². The second-order valence-corrected chi connectivity index (χ2v) is 17.3. The number of fused-ring (bicyclic) bond motifs is 4. The number of rotatable bonds is 5. The Morgan fingerprint density at radius 3 is 1.94 bits per heavy atom. The third-order valence-electron chi connectivity index (χ3n) is 10.3. The molecule has 0 aliphatic carbocycles. The number of aromatic nitrogens is 2. The number of pyridine rings is 1.